The summed E-state index contributed by atoms with van der Waals surface area (Å²) in [4.78, 5) is 0. The van der Waals surface area contributed by atoms with Crippen LogP contribution in [0.25, 0.3) is 0 Å². The Morgan fingerprint density at radius 3 is 1.30 bits per heavy atom. The van der Waals surface area contributed by atoms with Gasteiger partial charge >= 0.3 is 0 Å². The Balaban J connectivity index is 1.85. The average molecular weight is 400 g/mol. The fourth-order valence-corrected chi connectivity index (χ4v) is 5.40. The molecule has 0 N–H and O–H groups in total. The number of hydrogen-bond donors (Lipinski definition) is 0. The second kappa shape index (κ2) is 6.96. The summed E-state index contributed by atoms with van der Waals surface area (Å²) in [6.07, 6.45) is 13.9. The van der Waals surface area contributed by atoms with E-state index in [4.69, 9.17) is 0 Å². The molecule has 0 heterocycles. The third kappa shape index (κ3) is 3.32. The van der Waals surface area contributed by atoms with Gasteiger partial charge in [0.25, 0.3) is 0 Å². The molecule has 0 atom stereocenters. The van der Waals surface area contributed by atoms with Gasteiger partial charge in [0.15, 0.2) is 0 Å². The lowest BCUT2D eigenvalue weighted by Gasteiger charge is -2.27. The molecule has 0 nitrogen and oxygen atoms in total. The predicted octanol–water partition coefficient (Wildman–Crippen LogP) is 7.31. The fourth-order valence-electron chi connectivity index (χ4n) is 4.03. The predicted molar refractivity (Wildman–Crippen MR) is 93.5 cm³/mol. The zero-order valence-corrected chi connectivity index (χ0v) is 15.3. The molecule has 1 aromatic carbocycles. The number of hydrogen-bond acceptors (Lipinski definition) is 0. The molecule has 2 aliphatic carbocycles. The van der Waals surface area contributed by atoms with Crippen molar-refractivity contribution in [2.75, 3.05) is 0 Å². The minimum Gasteiger partial charge on any atom is -0.0533 e. The summed E-state index contributed by atoms with van der Waals surface area (Å²) in [5.74, 6) is 1.55. The summed E-state index contributed by atoms with van der Waals surface area (Å²) in [6.45, 7) is 0. The highest BCUT2D eigenvalue weighted by Crippen LogP contribution is 2.42. The van der Waals surface area contributed by atoms with Gasteiger partial charge in [-0.3, -0.25) is 0 Å². The molecular weight excluding hydrogens is 376 g/mol. The quantitative estimate of drug-likeness (QED) is 0.489. The van der Waals surface area contributed by atoms with E-state index in [1.54, 1.807) is 0 Å². The Bertz CT molecular complexity index is 411. The van der Waals surface area contributed by atoms with Crippen LogP contribution in [0.2, 0.25) is 0 Å². The van der Waals surface area contributed by atoms with Crippen LogP contribution in [-0.2, 0) is 0 Å². The maximum atomic E-state index is 3.86. The van der Waals surface area contributed by atoms with Crippen molar-refractivity contribution in [3.05, 3.63) is 32.2 Å². The van der Waals surface area contributed by atoms with E-state index in [0.717, 1.165) is 11.8 Å². The van der Waals surface area contributed by atoms with Crippen LogP contribution in [0.3, 0.4) is 0 Å². The molecule has 1 aromatic rings. The van der Waals surface area contributed by atoms with Crippen LogP contribution in [0.5, 0.6) is 0 Å². The smallest absolute Gasteiger partial charge is 0.0213 e. The van der Waals surface area contributed by atoms with E-state index in [1.807, 2.05) is 0 Å². The van der Waals surface area contributed by atoms with Crippen molar-refractivity contribution >= 4 is 31.9 Å². The van der Waals surface area contributed by atoms with Crippen LogP contribution in [0.1, 0.15) is 87.2 Å². The standard InChI is InChI=1S/C18H24Br2/c19-17-12-16(14-9-5-2-6-10-14)18(20)11-15(17)13-7-3-1-4-8-13/h11-14H,1-10H2. The van der Waals surface area contributed by atoms with E-state index in [-0.39, 0.29) is 0 Å². The average Bonchev–Trinajstić information content (AvgIpc) is 2.51. The summed E-state index contributed by atoms with van der Waals surface area (Å²) in [7, 11) is 0. The second-order valence-corrected chi connectivity index (χ2v) is 8.27. The van der Waals surface area contributed by atoms with Gasteiger partial charge in [-0.05, 0) is 60.8 Å². The molecule has 0 radical (unpaired) electrons. The zero-order valence-electron chi connectivity index (χ0n) is 12.1. The lowest BCUT2D eigenvalue weighted by Crippen LogP contribution is -2.08. The van der Waals surface area contributed by atoms with Gasteiger partial charge in [-0.25, -0.2) is 0 Å². The third-order valence-corrected chi connectivity index (χ3v) is 6.58. The minimum atomic E-state index is 0.773. The number of halogens is 2. The molecule has 110 valence electrons. The van der Waals surface area contributed by atoms with Crippen LogP contribution >= 0.6 is 31.9 Å². The zero-order chi connectivity index (χ0) is 13.9. The first-order valence-electron chi connectivity index (χ1n) is 8.24. The molecule has 2 aliphatic rings. The molecule has 0 bridgehead atoms. The lowest BCUT2D eigenvalue weighted by atomic mass is 9.81. The normalized spacial score (nSPS) is 22.1. The second-order valence-electron chi connectivity index (χ2n) is 6.57. The molecule has 2 fully saturated rings. The van der Waals surface area contributed by atoms with Gasteiger partial charge in [-0.2, -0.15) is 0 Å². The number of rotatable bonds is 2. The van der Waals surface area contributed by atoms with Crippen LogP contribution in [0.4, 0.5) is 0 Å². The van der Waals surface area contributed by atoms with Crippen LogP contribution in [0, 0.1) is 0 Å². The van der Waals surface area contributed by atoms with E-state index in [9.17, 15) is 0 Å². The largest absolute Gasteiger partial charge is 0.0533 e. The van der Waals surface area contributed by atoms with Crippen LogP contribution in [0.15, 0.2) is 21.1 Å². The lowest BCUT2D eigenvalue weighted by molar-refractivity contribution is 0.437. The molecular formula is C18H24Br2. The Labute approximate surface area is 140 Å². The van der Waals surface area contributed by atoms with Gasteiger partial charge in [-0.1, -0.05) is 70.4 Å². The first kappa shape index (κ1) is 15.1. The molecule has 0 aromatic heterocycles. The summed E-state index contributed by atoms with van der Waals surface area (Å²) >= 11 is 7.73. The molecule has 0 spiro atoms. The van der Waals surface area contributed by atoms with Gasteiger partial charge < -0.3 is 0 Å². The van der Waals surface area contributed by atoms with Gasteiger partial charge in [0.1, 0.15) is 0 Å². The Morgan fingerprint density at radius 2 is 0.950 bits per heavy atom. The van der Waals surface area contributed by atoms with Gasteiger partial charge in [0.05, 0.1) is 0 Å². The van der Waals surface area contributed by atoms with Crippen molar-refractivity contribution in [1.29, 1.82) is 0 Å². The van der Waals surface area contributed by atoms with Gasteiger partial charge in [0, 0.05) is 8.95 Å². The van der Waals surface area contributed by atoms with Crippen molar-refractivity contribution in [3.8, 4) is 0 Å². The van der Waals surface area contributed by atoms with E-state index in [0.29, 0.717) is 0 Å². The monoisotopic (exact) mass is 398 g/mol. The van der Waals surface area contributed by atoms with Crippen molar-refractivity contribution < 1.29 is 0 Å². The van der Waals surface area contributed by atoms with Crippen molar-refractivity contribution in [3.63, 3.8) is 0 Å². The molecule has 0 aliphatic heterocycles. The van der Waals surface area contributed by atoms with Crippen LogP contribution in [-0.4, -0.2) is 0 Å². The molecule has 2 heteroatoms. The summed E-state index contributed by atoms with van der Waals surface area (Å²) in [5, 5.41) is 0. The topological polar surface area (TPSA) is 0 Å². The first-order chi connectivity index (χ1) is 9.75. The van der Waals surface area contributed by atoms with Crippen molar-refractivity contribution in [2.45, 2.75) is 76.0 Å². The van der Waals surface area contributed by atoms with Crippen molar-refractivity contribution in [2.24, 2.45) is 0 Å². The van der Waals surface area contributed by atoms with E-state index in [2.05, 4.69) is 44.0 Å². The first-order valence-corrected chi connectivity index (χ1v) is 9.83. The van der Waals surface area contributed by atoms with Crippen LogP contribution < -0.4 is 0 Å². The maximum absolute atomic E-state index is 3.86. The summed E-state index contributed by atoms with van der Waals surface area (Å²) in [5.41, 5.74) is 3.08. The highest BCUT2D eigenvalue weighted by atomic mass is 79.9. The number of benzene rings is 1. The van der Waals surface area contributed by atoms with Crippen molar-refractivity contribution in [1.82, 2.24) is 0 Å². The SMILES string of the molecule is Brc1cc(C2CCCCC2)c(Br)cc1C1CCCCC1. The summed E-state index contributed by atoms with van der Waals surface area (Å²) in [6, 6.07) is 4.84. The van der Waals surface area contributed by atoms with E-state index in [1.165, 1.54) is 84.3 Å². The Hall–Kier alpha value is 0.180. The summed E-state index contributed by atoms with van der Waals surface area (Å²) < 4.78 is 2.71. The maximum Gasteiger partial charge on any atom is 0.0213 e. The third-order valence-electron chi connectivity index (χ3n) is 5.21. The molecule has 0 saturated heterocycles. The Kier molecular flexibility index (Phi) is 5.25. The molecule has 2 saturated carbocycles. The van der Waals surface area contributed by atoms with Gasteiger partial charge in [0.2, 0.25) is 0 Å². The molecule has 3 rings (SSSR count). The van der Waals surface area contributed by atoms with Gasteiger partial charge in [-0.15, -0.1) is 0 Å². The molecule has 0 unspecified atom stereocenters. The minimum absolute atomic E-state index is 0.773. The molecule has 20 heavy (non-hydrogen) atoms. The Morgan fingerprint density at radius 1 is 0.600 bits per heavy atom. The van der Waals surface area contributed by atoms with E-state index < -0.39 is 0 Å². The van der Waals surface area contributed by atoms with E-state index >= 15 is 0 Å². The molecule has 0 amide bonds. The fraction of sp³-hybridized carbons (Fsp3) is 0.667. The highest BCUT2D eigenvalue weighted by Gasteiger charge is 2.22. The highest BCUT2D eigenvalue weighted by molar-refractivity contribution is 9.11.